The summed E-state index contributed by atoms with van der Waals surface area (Å²) < 4.78 is 0. The molecule has 0 aliphatic carbocycles. The van der Waals surface area contributed by atoms with E-state index in [9.17, 15) is 24.5 Å². The summed E-state index contributed by atoms with van der Waals surface area (Å²) in [4.78, 5) is 51.8. The van der Waals surface area contributed by atoms with Crippen molar-refractivity contribution in [1.29, 1.82) is 0 Å². The SMILES string of the molecule is Cc1ccc([N+](=O)[O-])cc1N1C(=O)[C@@H]2[C@@H](C1=O)[C@@H](C(=O)C(C)(C)C)N1N=CC=C[C@H]21. The molecule has 0 bridgehead atoms. The molecule has 0 saturated carbocycles. The summed E-state index contributed by atoms with van der Waals surface area (Å²) in [5.74, 6) is -2.83. The Morgan fingerprint density at radius 1 is 1.17 bits per heavy atom. The maximum absolute atomic E-state index is 13.5. The number of hydrogen-bond acceptors (Lipinski definition) is 7. The second-order valence-corrected chi connectivity index (χ2v) is 8.87. The summed E-state index contributed by atoms with van der Waals surface area (Å²) in [6, 6.07) is 2.69. The smallest absolute Gasteiger partial charge is 0.271 e. The van der Waals surface area contributed by atoms with E-state index in [2.05, 4.69) is 5.10 Å². The molecular weight excluding hydrogens is 388 g/mol. The van der Waals surface area contributed by atoms with E-state index in [0.717, 1.165) is 4.90 Å². The van der Waals surface area contributed by atoms with Crippen molar-refractivity contribution < 1.29 is 19.3 Å². The number of ketones is 1. The molecule has 3 aliphatic heterocycles. The van der Waals surface area contributed by atoms with Gasteiger partial charge in [-0.15, -0.1) is 0 Å². The second kappa shape index (κ2) is 6.58. The number of hydrazone groups is 1. The average molecular weight is 410 g/mol. The van der Waals surface area contributed by atoms with E-state index < -0.39 is 46.1 Å². The van der Waals surface area contributed by atoms with Crippen LogP contribution in [0.15, 0.2) is 35.5 Å². The van der Waals surface area contributed by atoms with Gasteiger partial charge in [0.25, 0.3) is 5.69 Å². The molecule has 2 amide bonds. The molecule has 0 unspecified atom stereocenters. The third-order valence-electron chi connectivity index (χ3n) is 5.94. The number of nitro groups is 1. The summed E-state index contributed by atoms with van der Waals surface area (Å²) in [6.45, 7) is 6.99. The molecule has 9 nitrogen and oxygen atoms in total. The molecule has 0 spiro atoms. The highest BCUT2D eigenvalue weighted by molar-refractivity contribution is 6.24. The quantitative estimate of drug-likeness (QED) is 0.429. The first-order chi connectivity index (χ1) is 14.0. The third kappa shape index (κ3) is 2.76. The Kier molecular flexibility index (Phi) is 4.37. The fraction of sp³-hybridized carbons (Fsp3) is 0.429. The van der Waals surface area contributed by atoms with E-state index in [1.165, 1.54) is 24.4 Å². The number of benzene rings is 1. The Morgan fingerprint density at radius 2 is 1.83 bits per heavy atom. The molecule has 2 saturated heterocycles. The molecule has 3 heterocycles. The Hall–Kier alpha value is -3.36. The van der Waals surface area contributed by atoms with Crippen LogP contribution in [0.1, 0.15) is 26.3 Å². The number of rotatable bonds is 3. The first kappa shape index (κ1) is 19.9. The lowest BCUT2D eigenvalue weighted by atomic mass is 9.80. The Bertz CT molecular complexity index is 1040. The molecule has 1 aromatic carbocycles. The van der Waals surface area contributed by atoms with Crippen LogP contribution < -0.4 is 4.90 Å². The highest BCUT2D eigenvalue weighted by atomic mass is 16.6. The average Bonchev–Trinajstić information content (AvgIpc) is 3.14. The predicted molar refractivity (Wildman–Crippen MR) is 109 cm³/mol. The number of anilines is 1. The van der Waals surface area contributed by atoms with Crippen molar-refractivity contribution in [3.63, 3.8) is 0 Å². The molecule has 0 aromatic heterocycles. The first-order valence-electron chi connectivity index (χ1n) is 9.70. The van der Waals surface area contributed by atoms with Crippen LogP contribution in [-0.4, -0.2) is 45.8 Å². The topological polar surface area (TPSA) is 113 Å². The Labute approximate surface area is 173 Å². The molecular formula is C21H22N4O5. The molecule has 156 valence electrons. The van der Waals surface area contributed by atoms with Crippen molar-refractivity contribution in [3.05, 3.63) is 46.0 Å². The van der Waals surface area contributed by atoms with Gasteiger partial charge in [-0.1, -0.05) is 32.9 Å². The summed E-state index contributed by atoms with van der Waals surface area (Å²) in [7, 11) is 0. The summed E-state index contributed by atoms with van der Waals surface area (Å²) in [5, 5.41) is 17.1. The molecule has 0 radical (unpaired) electrons. The van der Waals surface area contributed by atoms with Crippen LogP contribution in [-0.2, 0) is 14.4 Å². The molecule has 2 fully saturated rings. The van der Waals surface area contributed by atoms with Gasteiger partial charge >= 0.3 is 0 Å². The van der Waals surface area contributed by atoms with Gasteiger partial charge in [0.1, 0.15) is 6.04 Å². The van der Waals surface area contributed by atoms with E-state index in [0.29, 0.717) is 5.56 Å². The summed E-state index contributed by atoms with van der Waals surface area (Å²) >= 11 is 0. The van der Waals surface area contributed by atoms with Gasteiger partial charge in [0.15, 0.2) is 5.78 Å². The van der Waals surface area contributed by atoms with Crippen LogP contribution in [0.3, 0.4) is 0 Å². The number of carbonyl (C=O) groups is 3. The molecule has 3 aliphatic rings. The van der Waals surface area contributed by atoms with E-state index in [4.69, 9.17) is 0 Å². The van der Waals surface area contributed by atoms with E-state index in [1.54, 1.807) is 44.9 Å². The zero-order valence-corrected chi connectivity index (χ0v) is 17.1. The van der Waals surface area contributed by atoms with E-state index >= 15 is 0 Å². The number of Topliss-reactive ketones (excluding diaryl/α,β-unsaturated/α-hetero) is 1. The van der Waals surface area contributed by atoms with Crippen LogP contribution in [0, 0.1) is 34.3 Å². The lowest BCUT2D eigenvalue weighted by Crippen LogP contribution is -2.49. The van der Waals surface area contributed by atoms with Gasteiger partial charge in [0, 0.05) is 23.8 Å². The standard InChI is InChI=1S/C21H22N4O5/c1-11-7-8-12(25(29)30)10-14(11)23-19(27)15-13-6-5-9-22-24(13)17(16(15)20(23)28)18(26)21(2,3)4/h5-10,13,15-17H,1-4H3/t13-,15+,16-,17+/m1/s1. The molecule has 4 rings (SSSR count). The van der Waals surface area contributed by atoms with Gasteiger partial charge in [0.2, 0.25) is 11.8 Å². The number of carbonyl (C=O) groups excluding carboxylic acids is 3. The van der Waals surface area contributed by atoms with Gasteiger partial charge < -0.3 is 0 Å². The normalized spacial score (nSPS) is 27.5. The van der Waals surface area contributed by atoms with Gasteiger partial charge in [0.05, 0.1) is 28.5 Å². The number of amides is 2. The maximum Gasteiger partial charge on any atom is 0.271 e. The van der Waals surface area contributed by atoms with Gasteiger partial charge in [-0.2, -0.15) is 5.10 Å². The Morgan fingerprint density at radius 3 is 2.47 bits per heavy atom. The van der Waals surface area contributed by atoms with Crippen LogP contribution in [0.25, 0.3) is 0 Å². The van der Waals surface area contributed by atoms with Gasteiger partial charge in [-0.05, 0) is 18.6 Å². The second-order valence-electron chi connectivity index (χ2n) is 8.87. The molecule has 30 heavy (non-hydrogen) atoms. The van der Waals surface area contributed by atoms with Crippen LogP contribution in [0.2, 0.25) is 0 Å². The number of nitro benzene ring substituents is 1. The number of imide groups is 1. The predicted octanol–water partition coefficient (Wildman–Crippen LogP) is 2.23. The minimum absolute atomic E-state index is 0.175. The molecule has 0 N–H and O–H groups in total. The van der Waals surface area contributed by atoms with Crippen molar-refractivity contribution in [2.75, 3.05) is 4.90 Å². The minimum atomic E-state index is -0.896. The summed E-state index contributed by atoms with van der Waals surface area (Å²) in [5.41, 5.74) is -0.196. The zero-order valence-electron chi connectivity index (χ0n) is 17.1. The highest BCUT2D eigenvalue weighted by Gasteiger charge is 2.65. The van der Waals surface area contributed by atoms with Gasteiger partial charge in [-0.3, -0.25) is 29.5 Å². The van der Waals surface area contributed by atoms with Crippen LogP contribution in [0.4, 0.5) is 11.4 Å². The molecule has 9 heteroatoms. The van der Waals surface area contributed by atoms with Crippen molar-refractivity contribution in [2.24, 2.45) is 22.4 Å². The largest absolute Gasteiger partial charge is 0.297 e. The fourth-order valence-electron chi connectivity index (χ4n) is 4.47. The van der Waals surface area contributed by atoms with Crippen LogP contribution in [0.5, 0.6) is 0 Å². The zero-order chi connectivity index (χ0) is 22.0. The molecule has 1 aromatic rings. The number of nitrogens with zero attached hydrogens (tertiary/aromatic N) is 4. The van der Waals surface area contributed by atoms with Crippen molar-refractivity contribution in [2.45, 2.75) is 39.8 Å². The molecule has 4 atom stereocenters. The van der Waals surface area contributed by atoms with Crippen molar-refractivity contribution in [3.8, 4) is 0 Å². The number of hydrogen-bond donors (Lipinski definition) is 0. The first-order valence-corrected chi connectivity index (χ1v) is 9.70. The lowest BCUT2D eigenvalue weighted by molar-refractivity contribution is -0.384. The van der Waals surface area contributed by atoms with Gasteiger partial charge in [-0.25, -0.2) is 4.90 Å². The fourth-order valence-corrected chi connectivity index (χ4v) is 4.47. The number of allylic oxidation sites excluding steroid dienone is 1. The van der Waals surface area contributed by atoms with Crippen molar-refractivity contribution in [1.82, 2.24) is 5.01 Å². The number of aryl methyl sites for hydroxylation is 1. The maximum atomic E-state index is 13.5. The van der Waals surface area contributed by atoms with E-state index in [-0.39, 0.29) is 17.2 Å². The lowest BCUT2D eigenvalue weighted by Gasteiger charge is -2.33. The van der Waals surface area contributed by atoms with E-state index in [1.807, 2.05) is 0 Å². The Balaban J connectivity index is 1.82. The summed E-state index contributed by atoms with van der Waals surface area (Å²) in [6.07, 6.45) is 5.01. The number of fused-ring (bicyclic) bond motifs is 3. The monoisotopic (exact) mass is 410 g/mol. The third-order valence-corrected chi connectivity index (χ3v) is 5.94. The minimum Gasteiger partial charge on any atom is -0.297 e. The van der Waals surface area contributed by atoms with Crippen LogP contribution >= 0.6 is 0 Å². The number of non-ortho nitro benzene ring substituents is 1. The highest BCUT2D eigenvalue weighted by Crippen LogP contribution is 2.47. The van der Waals surface area contributed by atoms with Crippen molar-refractivity contribution >= 4 is 35.2 Å².